The molecule has 0 aliphatic heterocycles. The molecule has 1 N–H and O–H groups in total. The lowest BCUT2D eigenvalue weighted by Crippen LogP contribution is -2.30. The molecule has 1 aromatic carbocycles. The number of anilines is 1. The second-order valence-electron chi connectivity index (χ2n) is 4.26. The van der Waals surface area contributed by atoms with Crippen LogP contribution in [-0.2, 0) is 16.4 Å². The molecule has 1 aromatic heterocycles. The molecule has 2 aromatic rings. The van der Waals surface area contributed by atoms with Crippen LogP contribution >= 0.6 is 11.3 Å². The van der Waals surface area contributed by atoms with Gasteiger partial charge in [0, 0.05) is 17.5 Å². The van der Waals surface area contributed by atoms with Gasteiger partial charge in [-0.25, -0.2) is 8.42 Å². The molecule has 108 valence electrons. The average molecular weight is 311 g/mol. The number of thiophene rings is 1. The normalized spacial score (nSPS) is 11.5. The zero-order chi connectivity index (χ0) is 14.8. The van der Waals surface area contributed by atoms with Crippen molar-refractivity contribution in [2.45, 2.75) is 24.5 Å². The summed E-state index contributed by atoms with van der Waals surface area (Å²) in [7, 11) is -3.57. The molecular weight excluding hydrogens is 294 g/mol. The van der Waals surface area contributed by atoms with Crippen LogP contribution in [0.4, 0.5) is 5.69 Å². The SMILES string of the molecule is CCc1ccc(S(=O)(=O)N(CC)c2cccc(O)c2)s1. The molecule has 0 fully saturated rings. The molecule has 0 amide bonds. The maximum atomic E-state index is 12.7. The number of phenols is 1. The summed E-state index contributed by atoms with van der Waals surface area (Å²) in [5.74, 6) is 0.0524. The van der Waals surface area contributed by atoms with E-state index in [1.165, 1.54) is 27.8 Å². The zero-order valence-corrected chi connectivity index (χ0v) is 13.0. The quantitative estimate of drug-likeness (QED) is 0.922. The number of rotatable bonds is 5. The summed E-state index contributed by atoms with van der Waals surface area (Å²) in [5.41, 5.74) is 0.471. The van der Waals surface area contributed by atoms with Crippen LogP contribution in [0.2, 0.25) is 0 Å². The minimum absolute atomic E-state index is 0.0524. The van der Waals surface area contributed by atoms with Gasteiger partial charge in [-0.05, 0) is 37.6 Å². The number of phenolic OH excluding ortho intramolecular Hbond substituents is 1. The molecule has 0 radical (unpaired) electrons. The van der Waals surface area contributed by atoms with Crippen molar-refractivity contribution in [3.8, 4) is 5.75 Å². The Morgan fingerprint density at radius 3 is 2.50 bits per heavy atom. The standard InChI is InChI=1S/C14H17NO3S2/c1-3-13-8-9-14(19-13)20(17,18)15(4-2)11-6-5-7-12(16)10-11/h5-10,16H,3-4H2,1-2H3. The zero-order valence-electron chi connectivity index (χ0n) is 11.4. The molecular formula is C14H17NO3S2. The molecule has 0 atom stereocenters. The van der Waals surface area contributed by atoms with E-state index in [1.807, 2.05) is 13.0 Å². The Labute approximate surface area is 123 Å². The average Bonchev–Trinajstić information content (AvgIpc) is 2.89. The molecule has 0 saturated carbocycles. The summed E-state index contributed by atoms with van der Waals surface area (Å²) in [6.45, 7) is 4.08. The molecule has 0 aliphatic carbocycles. The highest BCUT2D eigenvalue weighted by Crippen LogP contribution is 2.30. The summed E-state index contributed by atoms with van der Waals surface area (Å²) >= 11 is 1.29. The number of aryl methyl sites for hydroxylation is 1. The summed E-state index contributed by atoms with van der Waals surface area (Å²) in [6.07, 6.45) is 0.818. The largest absolute Gasteiger partial charge is 0.508 e. The van der Waals surface area contributed by atoms with Crippen LogP contribution in [0.1, 0.15) is 18.7 Å². The van der Waals surface area contributed by atoms with Crippen molar-refractivity contribution in [3.05, 3.63) is 41.3 Å². The smallest absolute Gasteiger partial charge is 0.273 e. The third-order valence-electron chi connectivity index (χ3n) is 2.93. The van der Waals surface area contributed by atoms with Crippen LogP contribution in [0.15, 0.2) is 40.6 Å². The first-order valence-electron chi connectivity index (χ1n) is 6.39. The predicted molar refractivity (Wildman–Crippen MR) is 82.0 cm³/mol. The summed E-state index contributed by atoms with van der Waals surface area (Å²) in [4.78, 5) is 1.04. The Hall–Kier alpha value is -1.53. The van der Waals surface area contributed by atoms with E-state index in [1.54, 1.807) is 25.1 Å². The van der Waals surface area contributed by atoms with Gasteiger partial charge in [-0.1, -0.05) is 13.0 Å². The minimum Gasteiger partial charge on any atom is -0.508 e. The van der Waals surface area contributed by atoms with E-state index < -0.39 is 10.0 Å². The van der Waals surface area contributed by atoms with Gasteiger partial charge in [0.05, 0.1) is 5.69 Å². The fourth-order valence-corrected chi connectivity index (χ4v) is 4.81. The molecule has 4 nitrogen and oxygen atoms in total. The van der Waals surface area contributed by atoms with Crippen LogP contribution in [0.25, 0.3) is 0 Å². The highest BCUT2D eigenvalue weighted by atomic mass is 32.2. The van der Waals surface area contributed by atoms with Crippen LogP contribution in [0.5, 0.6) is 5.75 Å². The van der Waals surface area contributed by atoms with Gasteiger partial charge < -0.3 is 5.11 Å². The summed E-state index contributed by atoms with van der Waals surface area (Å²) in [6, 6.07) is 9.77. The van der Waals surface area contributed by atoms with Gasteiger partial charge >= 0.3 is 0 Å². The summed E-state index contributed by atoms with van der Waals surface area (Å²) < 4.78 is 27.0. The van der Waals surface area contributed by atoms with E-state index in [2.05, 4.69) is 0 Å². The minimum atomic E-state index is -3.57. The highest BCUT2D eigenvalue weighted by molar-refractivity contribution is 7.94. The second-order valence-corrected chi connectivity index (χ2v) is 7.52. The topological polar surface area (TPSA) is 57.6 Å². The van der Waals surface area contributed by atoms with Crippen LogP contribution in [-0.4, -0.2) is 20.1 Å². The van der Waals surface area contributed by atoms with Crippen molar-refractivity contribution in [1.29, 1.82) is 0 Å². The fraction of sp³-hybridized carbons (Fsp3) is 0.286. The van der Waals surface area contributed by atoms with Crippen molar-refractivity contribution >= 4 is 27.0 Å². The number of benzene rings is 1. The second kappa shape index (κ2) is 5.85. The van der Waals surface area contributed by atoms with Crippen molar-refractivity contribution < 1.29 is 13.5 Å². The van der Waals surface area contributed by atoms with Gasteiger partial charge in [-0.3, -0.25) is 4.31 Å². The number of sulfonamides is 1. The van der Waals surface area contributed by atoms with Crippen molar-refractivity contribution in [2.75, 3.05) is 10.8 Å². The maximum absolute atomic E-state index is 12.7. The predicted octanol–water partition coefficient (Wildman–Crippen LogP) is 3.23. The van der Waals surface area contributed by atoms with Crippen molar-refractivity contribution in [3.63, 3.8) is 0 Å². The lowest BCUT2D eigenvalue weighted by Gasteiger charge is -2.22. The number of nitrogens with zero attached hydrogens (tertiary/aromatic N) is 1. The number of aromatic hydroxyl groups is 1. The van der Waals surface area contributed by atoms with Gasteiger partial charge in [-0.2, -0.15) is 0 Å². The number of hydrogen-bond donors (Lipinski definition) is 1. The van der Waals surface area contributed by atoms with Crippen molar-refractivity contribution in [1.82, 2.24) is 0 Å². The van der Waals surface area contributed by atoms with E-state index in [9.17, 15) is 13.5 Å². The first-order chi connectivity index (χ1) is 9.48. The maximum Gasteiger partial charge on any atom is 0.273 e. The molecule has 0 saturated heterocycles. The molecule has 2 rings (SSSR count). The lowest BCUT2D eigenvalue weighted by atomic mass is 10.3. The fourth-order valence-electron chi connectivity index (χ4n) is 1.93. The monoisotopic (exact) mass is 311 g/mol. The van der Waals surface area contributed by atoms with Crippen molar-refractivity contribution in [2.24, 2.45) is 0 Å². The Morgan fingerprint density at radius 1 is 1.20 bits per heavy atom. The lowest BCUT2D eigenvalue weighted by molar-refractivity contribution is 0.475. The highest BCUT2D eigenvalue weighted by Gasteiger charge is 2.25. The first-order valence-corrected chi connectivity index (χ1v) is 8.65. The molecule has 0 spiro atoms. The van der Waals surface area contributed by atoms with E-state index in [0.29, 0.717) is 16.4 Å². The third kappa shape index (κ3) is 2.81. The van der Waals surface area contributed by atoms with E-state index in [0.717, 1.165) is 11.3 Å². The van der Waals surface area contributed by atoms with E-state index >= 15 is 0 Å². The Morgan fingerprint density at radius 2 is 1.95 bits per heavy atom. The molecule has 0 aliphatic rings. The van der Waals surface area contributed by atoms with Crippen LogP contribution in [0, 0.1) is 0 Å². The molecule has 20 heavy (non-hydrogen) atoms. The third-order valence-corrected chi connectivity index (χ3v) is 6.53. The molecule has 6 heteroatoms. The van der Waals surface area contributed by atoms with Gasteiger partial charge in [0.25, 0.3) is 10.0 Å². The van der Waals surface area contributed by atoms with E-state index in [-0.39, 0.29) is 5.75 Å². The first kappa shape index (κ1) is 14.9. The number of hydrogen-bond acceptors (Lipinski definition) is 4. The van der Waals surface area contributed by atoms with Crippen LogP contribution in [0.3, 0.4) is 0 Å². The molecule has 0 unspecified atom stereocenters. The van der Waals surface area contributed by atoms with Gasteiger partial charge in [-0.15, -0.1) is 11.3 Å². The van der Waals surface area contributed by atoms with E-state index in [4.69, 9.17) is 0 Å². The molecule has 1 heterocycles. The summed E-state index contributed by atoms with van der Waals surface area (Å²) in [5, 5.41) is 9.52. The Kier molecular flexibility index (Phi) is 4.35. The van der Waals surface area contributed by atoms with Crippen LogP contribution < -0.4 is 4.31 Å². The molecule has 0 bridgehead atoms. The van der Waals surface area contributed by atoms with Gasteiger partial charge in [0.15, 0.2) is 0 Å². The Bertz CT molecular complexity index is 692. The van der Waals surface area contributed by atoms with Gasteiger partial charge in [0.2, 0.25) is 0 Å². The van der Waals surface area contributed by atoms with Gasteiger partial charge in [0.1, 0.15) is 9.96 Å². The Balaban J connectivity index is 2.44.